The first-order valence-corrected chi connectivity index (χ1v) is 6.66. The van der Waals surface area contributed by atoms with Crippen molar-refractivity contribution in [3.8, 4) is 11.5 Å². The molecule has 1 N–H and O–H groups in total. The molecule has 4 nitrogen and oxygen atoms in total. The van der Waals surface area contributed by atoms with Crippen molar-refractivity contribution in [2.75, 3.05) is 6.79 Å². The van der Waals surface area contributed by atoms with Crippen molar-refractivity contribution in [2.45, 2.75) is 6.54 Å². The number of benzene rings is 2. The van der Waals surface area contributed by atoms with Crippen LogP contribution < -0.4 is 14.8 Å². The molecule has 1 amide bonds. The lowest BCUT2D eigenvalue weighted by molar-refractivity contribution is 0.0950. The van der Waals surface area contributed by atoms with Crippen molar-refractivity contribution >= 4 is 12.0 Å². The zero-order valence-corrected chi connectivity index (χ0v) is 11.5. The number of hydrogen-bond donors (Lipinski definition) is 1. The lowest BCUT2D eigenvalue weighted by Crippen LogP contribution is -2.23. The molecule has 0 spiro atoms. The highest BCUT2D eigenvalue weighted by molar-refractivity contribution is 5.98. The van der Waals surface area contributed by atoms with E-state index < -0.39 is 0 Å². The summed E-state index contributed by atoms with van der Waals surface area (Å²) in [5.41, 5.74) is 2.31. The van der Waals surface area contributed by atoms with Gasteiger partial charge in [0.15, 0.2) is 11.5 Å². The molecule has 0 radical (unpaired) electrons. The Morgan fingerprint density at radius 3 is 2.62 bits per heavy atom. The fourth-order valence-corrected chi connectivity index (χ4v) is 2.20. The van der Waals surface area contributed by atoms with Crippen molar-refractivity contribution < 1.29 is 14.3 Å². The predicted molar refractivity (Wildman–Crippen MR) is 80.3 cm³/mol. The fraction of sp³-hybridized carbons (Fsp3) is 0.118. The number of rotatable bonds is 4. The van der Waals surface area contributed by atoms with Gasteiger partial charge >= 0.3 is 0 Å². The predicted octanol–water partition coefficient (Wildman–Crippen LogP) is 2.99. The first-order valence-electron chi connectivity index (χ1n) is 6.66. The van der Waals surface area contributed by atoms with Gasteiger partial charge in [0.25, 0.3) is 5.91 Å². The van der Waals surface area contributed by atoms with Crippen LogP contribution in [0.2, 0.25) is 0 Å². The molecule has 106 valence electrons. The third kappa shape index (κ3) is 2.74. The number of ether oxygens (including phenoxy) is 2. The summed E-state index contributed by atoms with van der Waals surface area (Å²) >= 11 is 0. The van der Waals surface area contributed by atoms with Crippen LogP contribution in [0, 0.1) is 0 Å². The molecule has 4 heteroatoms. The Balaban J connectivity index is 1.79. The molecule has 2 aromatic rings. The largest absolute Gasteiger partial charge is 0.454 e. The molecule has 0 bridgehead atoms. The van der Waals surface area contributed by atoms with Crippen molar-refractivity contribution in [1.29, 1.82) is 0 Å². The molecule has 0 aromatic heterocycles. The lowest BCUT2D eigenvalue weighted by Gasteiger charge is -2.09. The molecule has 1 aliphatic rings. The number of nitrogens with one attached hydrogen (secondary N) is 1. The molecule has 0 saturated heterocycles. The second-order valence-corrected chi connectivity index (χ2v) is 4.67. The lowest BCUT2D eigenvalue weighted by atomic mass is 10.1. The van der Waals surface area contributed by atoms with Gasteiger partial charge in [-0.1, -0.05) is 43.0 Å². The van der Waals surface area contributed by atoms with Crippen LogP contribution in [0.25, 0.3) is 6.08 Å². The Hall–Kier alpha value is -2.75. The summed E-state index contributed by atoms with van der Waals surface area (Å²) in [6, 6.07) is 13.2. The second-order valence-electron chi connectivity index (χ2n) is 4.67. The van der Waals surface area contributed by atoms with E-state index in [0.29, 0.717) is 23.6 Å². The minimum Gasteiger partial charge on any atom is -0.454 e. The third-order valence-electron chi connectivity index (χ3n) is 3.31. The van der Waals surface area contributed by atoms with E-state index in [4.69, 9.17) is 9.47 Å². The van der Waals surface area contributed by atoms with Crippen LogP contribution in [0.4, 0.5) is 0 Å². The summed E-state index contributed by atoms with van der Waals surface area (Å²) in [7, 11) is 0. The smallest absolute Gasteiger partial charge is 0.252 e. The molecule has 0 aliphatic carbocycles. The summed E-state index contributed by atoms with van der Waals surface area (Å²) in [4.78, 5) is 12.3. The second kappa shape index (κ2) is 5.71. The Morgan fingerprint density at radius 2 is 1.90 bits per heavy atom. The Morgan fingerprint density at radius 1 is 1.19 bits per heavy atom. The molecular formula is C17H15NO3. The zero-order chi connectivity index (χ0) is 14.7. The Kier molecular flexibility index (Phi) is 3.60. The molecule has 0 fully saturated rings. The van der Waals surface area contributed by atoms with Gasteiger partial charge in [0.05, 0.1) is 5.56 Å². The van der Waals surface area contributed by atoms with Gasteiger partial charge in [0, 0.05) is 6.54 Å². The molecule has 3 rings (SSSR count). The van der Waals surface area contributed by atoms with Gasteiger partial charge in [-0.2, -0.15) is 0 Å². The van der Waals surface area contributed by atoms with Crippen LogP contribution in [0.5, 0.6) is 11.5 Å². The topological polar surface area (TPSA) is 47.6 Å². The number of carbonyl (C=O) groups is 1. The normalized spacial score (nSPS) is 12.0. The van der Waals surface area contributed by atoms with E-state index in [1.807, 2.05) is 30.3 Å². The van der Waals surface area contributed by atoms with E-state index in [0.717, 1.165) is 11.1 Å². The van der Waals surface area contributed by atoms with Crippen molar-refractivity contribution in [2.24, 2.45) is 0 Å². The van der Waals surface area contributed by atoms with Crippen LogP contribution in [0.15, 0.2) is 49.0 Å². The zero-order valence-electron chi connectivity index (χ0n) is 11.5. The van der Waals surface area contributed by atoms with Crippen molar-refractivity contribution in [3.63, 3.8) is 0 Å². The van der Waals surface area contributed by atoms with Gasteiger partial charge < -0.3 is 14.8 Å². The maximum absolute atomic E-state index is 12.3. The summed E-state index contributed by atoms with van der Waals surface area (Å²) in [5.74, 6) is 1.07. The number of amides is 1. The van der Waals surface area contributed by atoms with Gasteiger partial charge in [0.2, 0.25) is 6.79 Å². The summed E-state index contributed by atoms with van der Waals surface area (Å²) < 4.78 is 10.6. The van der Waals surface area contributed by atoms with Crippen molar-refractivity contribution in [3.05, 3.63) is 65.7 Å². The fourth-order valence-electron chi connectivity index (χ4n) is 2.20. The van der Waals surface area contributed by atoms with Crippen LogP contribution in [0.1, 0.15) is 21.5 Å². The van der Waals surface area contributed by atoms with Gasteiger partial charge in [-0.15, -0.1) is 0 Å². The highest BCUT2D eigenvalue weighted by Crippen LogP contribution is 2.35. The van der Waals surface area contributed by atoms with E-state index in [1.54, 1.807) is 18.2 Å². The van der Waals surface area contributed by atoms with Crippen LogP contribution in [-0.4, -0.2) is 12.7 Å². The minimum absolute atomic E-state index is 0.160. The summed E-state index contributed by atoms with van der Waals surface area (Å²) in [6.07, 6.45) is 1.64. The number of carbonyl (C=O) groups excluding carboxylic acids is 1. The highest BCUT2D eigenvalue weighted by Gasteiger charge is 2.19. The number of hydrogen-bond acceptors (Lipinski definition) is 3. The van der Waals surface area contributed by atoms with Gasteiger partial charge in [-0.25, -0.2) is 0 Å². The molecule has 0 unspecified atom stereocenters. The van der Waals surface area contributed by atoms with Gasteiger partial charge in [0.1, 0.15) is 0 Å². The van der Waals surface area contributed by atoms with E-state index in [2.05, 4.69) is 11.9 Å². The third-order valence-corrected chi connectivity index (χ3v) is 3.31. The van der Waals surface area contributed by atoms with E-state index in [9.17, 15) is 4.79 Å². The molecule has 21 heavy (non-hydrogen) atoms. The van der Waals surface area contributed by atoms with E-state index in [-0.39, 0.29) is 12.7 Å². The average Bonchev–Trinajstić information content (AvgIpc) is 2.99. The highest BCUT2D eigenvalue weighted by atomic mass is 16.7. The molecule has 1 heterocycles. The maximum atomic E-state index is 12.3. The van der Waals surface area contributed by atoms with Crippen LogP contribution in [-0.2, 0) is 6.54 Å². The Bertz CT molecular complexity index is 680. The average molecular weight is 281 g/mol. The Labute approximate surface area is 123 Å². The summed E-state index contributed by atoms with van der Waals surface area (Å²) in [6.45, 7) is 4.40. The minimum atomic E-state index is -0.160. The van der Waals surface area contributed by atoms with E-state index >= 15 is 0 Å². The molecule has 2 aromatic carbocycles. The maximum Gasteiger partial charge on any atom is 0.252 e. The molecule has 0 saturated carbocycles. The SMILES string of the molecule is C=Cc1cc2c(cc1C(=O)NCc1ccccc1)OCO2. The van der Waals surface area contributed by atoms with Crippen LogP contribution in [0.3, 0.4) is 0 Å². The quantitative estimate of drug-likeness (QED) is 0.937. The molecule has 0 atom stereocenters. The van der Waals surface area contributed by atoms with Crippen molar-refractivity contribution in [1.82, 2.24) is 5.32 Å². The van der Waals surface area contributed by atoms with Crippen LogP contribution >= 0.6 is 0 Å². The van der Waals surface area contributed by atoms with E-state index in [1.165, 1.54) is 0 Å². The number of fused-ring (bicyclic) bond motifs is 1. The standard InChI is InChI=1S/C17H15NO3/c1-2-13-8-15-16(21-11-20-15)9-14(13)17(19)18-10-12-6-4-3-5-7-12/h2-9H,1,10-11H2,(H,18,19). The van der Waals surface area contributed by atoms with Gasteiger partial charge in [-0.3, -0.25) is 4.79 Å². The van der Waals surface area contributed by atoms with Gasteiger partial charge in [-0.05, 0) is 23.3 Å². The monoisotopic (exact) mass is 281 g/mol. The first kappa shape index (κ1) is 13.2. The summed E-state index contributed by atoms with van der Waals surface area (Å²) in [5, 5.41) is 2.90. The first-order chi connectivity index (χ1) is 10.3. The molecule has 1 aliphatic heterocycles. The molecular weight excluding hydrogens is 266 g/mol.